The van der Waals surface area contributed by atoms with E-state index in [4.69, 9.17) is 9.84 Å². The summed E-state index contributed by atoms with van der Waals surface area (Å²) in [6, 6.07) is 0. The van der Waals surface area contributed by atoms with Gasteiger partial charge in [0.1, 0.15) is 0 Å². The van der Waals surface area contributed by atoms with Crippen molar-refractivity contribution in [3.05, 3.63) is 0 Å². The predicted octanol–water partition coefficient (Wildman–Crippen LogP) is 0.773. The molecule has 0 amide bonds. The fourth-order valence-corrected chi connectivity index (χ4v) is 1.04. The molecule has 0 aliphatic rings. The molecule has 0 spiro atoms. The summed E-state index contributed by atoms with van der Waals surface area (Å²) < 4.78 is 4.94. The third kappa shape index (κ3) is 4.70. The van der Waals surface area contributed by atoms with Crippen molar-refractivity contribution in [1.29, 1.82) is 0 Å². The van der Waals surface area contributed by atoms with Crippen LogP contribution in [-0.2, 0) is 4.74 Å². The minimum atomic E-state index is -0.117. The number of unbranched alkanes of at least 4 members (excludes halogenated alkanes) is 1. The van der Waals surface area contributed by atoms with Gasteiger partial charge in [-0.3, -0.25) is 0 Å². The minimum absolute atomic E-state index is 0.117. The molecule has 0 saturated carbocycles. The number of rotatable bonds is 7. The van der Waals surface area contributed by atoms with Gasteiger partial charge in [0.05, 0.1) is 6.61 Å². The summed E-state index contributed by atoms with van der Waals surface area (Å²) in [6.07, 6.45) is 3.14. The zero-order chi connectivity index (χ0) is 9.45. The first kappa shape index (κ1) is 11.9. The van der Waals surface area contributed by atoms with Crippen molar-refractivity contribution in [2.24, 2.45) is 0 Å². The molecule has 0 rings (SSSR count). The topological polar surface area (TPSA) is 41.5 Å². The summed E-state index contributed by atoms with van der Waals surface area (Å²) in [6.45, 7) is 3.03. The lowest BCUT2D eigenvalue weighted by molar-refractivity contribution is 0.158. The van der Waals surface area contributed by atoms with Crippen LogP contribution in [-0.4, -0.2) is 38.0 Å². The monoisotopic (exact) mass is 175 g/mol. The van der Waals surface area contributed by atoms with Gasteiger partial charge in [0.15, 0.2) is 0 Å². The minimum Gasteiger partial charge on any atom is -0.394 e. The van der Waals surface area contributed by atoms with Crippen molar-refractivity contribution < 1.29 is 9.84 Å². The molecule has 0 fully saturated rings. The smallest absolute Gasteiger partial charge is 0.0610 e. The maximum Gasteiger partial charge on any atom is 0.0610 e. The summed E-state index contributed by atoms with van der Waals surface area (Å²) in [5, 5.41) is 12.2. The highest BCUT2D eigenvalue weighted by Crippen LogP contribution is 2.12. The number of aliphatic hydroxyl groups is 1. The molecule has 0 heterocycles. The number of methoxy groups -OCH3 is 1. The Kier molecular flexibility index (Phi) is 6.34. The Morgan fingerprint density at radius 1 is 1.42 bits per heavy atom. The van der Waals surface area contributed by atoms with Gasteiger partial charge >= 0.3 is 0 Å². The first-order valence-electron chi connectivity index (χ1n) is 4.47. The first-order chi connectivity index (χ1) is 5.68. The van der Waals surface area contributed by atoms with Gasteiger partial charge in [0.25, 0.3) is 0 Å². The number of aliphatic hydroxyl groups excluding tert-OH is 1. The lowest BCUT2D eigenvalue weighted by Gasteiger charge is -2.26. The second kappa shape index (κ2) is 6.40. The van der Waals surface area contributed by atoms with E-state index in [1.807, 2.05) is 14.0 Å². The van der Waals surface area contributed by atoms with E-state index in [9.17, 15) is 0 Å². The normalized spacial score (nSPS) is 16.0. The molecule has 74 valence electrons. The lowest BCUT2D eigenvalue weighted by Crippen LogP contribution is -2.43. The van der Waals surface area contributed by atoms with Gasteiger partial charge in [-0.1, -0.05) is 0 Å². The Bertz CT molecular complexity index is 103. The molecule has 0 aliphatic heterocycles. The van der Waals surface area contributed by atoms with Crippen LogP contribution in [0.2, 0.25) is 0 Å². The van der Waals surface area contributed by atoms with Crippen LogP contribution in [0.1, 0.15) is 26.2 Å². The van der Waals surface area contributed by atoms with E-state index >= 15 is 0 Å². The predicted molar refractivity (Wildman–Crippen MR) is 50.3 cm³/mol. The van der Waals surface area contributed by atoms with Gasteiger partial charge in [0.2, 0.25) is 0 Å². The molecule has 0 aromatic rings. The van der Waals surface area contributed by atoms with Crippen LogP contribution in [0.15, 0.2) is 0 Å². The average molecular weight is 175 g/mol. The highest BCUT2D eigenvalue weighted by atomic mass is 16.5. The molecule has 0 bridgehead atoms. The number of hydrogen-bond acceptors (Lipinski definition) is 3. The molecule has 0 aromatic heterocycles. The summed E-state index contributed by atoms with van der Waals surface area (Å²) in [5.41, 5.74) is -0.117. The SMILES string of the molecule is CNC(C)(CO)CCCCOC. The number of likely N-dealkylation sites (N-methyl/N-ethyl adjacent to an activating group) is 1. The van der Waals surface area contributed by atoms with Gasteiger partial charge in [-0.05, 0) is 33.2 Å². The number of nitrogens with one attached hydrogen (secondary N) is 1. The zero-order valence-corrected chi connectivity index (χ0v) is 8.39. The van der Waals surface area contributed by atoms with Gasteiger partial charge in [-0.2, -0.15) is 0 Å². The molecule has 0 aliphatic carbocycles. The Labute approximate surface area is 75.1 Å². The molecule has 1 atom stereocenters. The van der Waals surface area contributed by atoms with Crippen LogP contribution in [0, 0.1) is 0 Å². The van der Waals surface area contributed by atoms with E-state index in [1.165, 1.54) is 0 Å². The first-order valence-corrected chi connectivity index (χ1v) is 4.47. The van der Waals surface area contributed by atoms with Crippen LogP contribution in [0.5, 0.6) is 0 Å². The van der Waals surface area contributed by atoms with Crippen molar-refractivity contribution in [2.45, 2.75) is 31.7 Å². The van der Waals surface area contributed by atoms with E-state index in [0.29, 0.717) is 0 Å². The van der Waals surface area contributed by atoms with Crippen molar-refractivity contribution in [1.82, 2.24) is 5.32 Å². The van der Waals surface area contributed by atoms with Gasteiger partial charge in [-0.15, -0.1) is 0 Å². The Hall–Kier alpha value is -0.120. The molecule has 0 aromatic carbocycles. The van der Waals surface area contributed by atoms with E-state index < -0.39 is 0 Å². The molecule has 12 heavy (non-hydrogen) atoms. The molecule has 1 unspecified atom stereocenters. The summed E-state index contributed by atoms with van der Waals surface area (Å²) >= 11 is 0. The quantitative estimate of drug-likeness (QED) is 0.562. The fourth-order valence-electron chi connectivity index (χ4n) is 1.04. The molecule has 2 N–H and O–H groups in total. The highest BCUT2D eigenvalue weighted by molar-refractivity contribution is 4.79. The third-order valence-electron chi connectivity index (χ3n) is 2.28. The molecule has 3 nitrogen and oxygen atoms in total. The van der Waals surface area contributed by atoms with E-state index in [2.05, 4.69) is 5.32 Å². The lowest BCUT2D eigenvalue weighted by atomic mass is 9.96. The Balaban J connectivity index is 3.45. The van der Waals surface area contributed by atoms with Crippen molar-refractivity contribution in [2.75, 3.05) is 27.4 Å². The molecule has 0 saturated heterocycles. The van der Waals surface area contributed by atoms with Crippen LogP contribution in [0.25, 0.3) is 0 Å². The highest BCUT2D eigenvalue weighted by Gasteiger charge is 2.19. The van der Waals surface area contributed by atoms with Crippen molar-refractivity contribution >= 4 is 0 Å². The molecule has 0 radical (unpaired) electrons. The second-order valence-electron chi connectivity index (χ2n) is 3.42. The zero-order valence-electron chi connectivity index (χ0n) is 8.39. The third-order valence-corrected chi connectivity index (χ3v) is 2.28. The fraction of sp³-hybridized carbons (Fsp3) is 1.00. The Morgan fingerprint density at radius 2 is 2.08 bits per heavy atom. The van der Waals surface area contributed by atoms with Crippen molar-refractivity contribution in [3.8, 4) is 0 Å². The maximum atomic E-state index is 9.05. The van der Waals surface area contributed by atoms with E-state index in [-0.39, 0.29) is 12.1 Å². The second-order valence-corrected chi connectivity index (χ2v) is 3.42. The van der Waals surface area contributed by atoms with Gasteiger partial charge < -0.3 is 15.2 Å². The molecular formula is C9H21NO2. The standard InChI is InChI=1S/C9H21NO2/c1-9(8-11,10-2)6-4-5-7-12-3/h10-11H,4-8H2,1-3H3. The summed E-state index contributed by atoms with van der Waals surface area (Å²) in [7, 11) is 3.59. The summed E-state index contributed by atoms with van der Waals surface area (Å²) in [5.74, 6) is 0. The Morgan fingerprint density at radius 3 is 2.50 bits per heavy atom. The van der Waals surface area contributed by atoms with Crippen LogP contribution in [0.4, 0.5) is 0 Å². The molecule has 3 heteroatoms. The van der Waals surface area contributed by atoms with E-state index in [0.717, 1.165) is 25.9 Å². The maximum absolute atomic E-state index is 9.05. The number of hydrogen-bond donors (Lipinski definition) is 2. The van der Waals surface area contributed by atoms with E-state index in [1.54, 1.807) is 7.11 Å². The van der Waals surface area contributed by atoms with Crippen LogP contribution >= 0.6 is 0 Å². The average Bonchev–Trinajstić information content (AvgIpc) is 2.12. The van der Waals surface area contributed by atoms with Gasteiger partial charge in [0, 0.05) is 19.3 Å². The largest absolute Gasteiger partial charge is 0.394 e. The van der Waals surface area contributed by atoms with Crippen molar-refractivity contribution in [3.63, 3.8) is 0 Å². The number of ether oxygens (including phenoxy) is 1. The van der Waals surface area contributed by atoms with Gasteiger partial charge in [-0.25, -0.2) is 0 Å². The van der Waals surface area contributed by atoms with Crippen LogP contribution < -0.4 is 5.32 Å². The molecular weight excluding hydrogens is 154 g/mol. The van der Waals surface area contributed by atoms with Crippen LogP contribution in [0.3, 0.4) is 0 Å². The summed E-state index contributed by atoms with van der Waals surface area (Å²) in [4.78, 5) is 0.